The zero-order valence-corrected chi connectivity index (χ0v) is 19.1. The average molecular weight is 488 g/mol. The summed E-state index contributed by atoms with van der Waals surface area (Å²) in [6, 6.07) is 2.86. The number of alkyl halides is 3. The summed E-state index contributed by atoms with van der Waals surface area (Å²) in [6.45, 7) is 4.07. The van der Waals surface area contributed by atoms with Gasteiger partial charge in [0.25, 0.3) is 0 Å². The highest BCUT2D eigenvalue weighted by molar-refractivity contribution is 6.07. The molecule has 5 heterocycles. The molecule has 0 aromatic carbocycles. The van der Waals surface area contributed by atoms with Crippen LogP contribution in [0.5, 0.6) is 0 Å². The summed E-state index contributed by atoms with van der Waals surface area (Å²) in [5.41, 5.74) is 1.87. The Balaban J connectivity index is 1.47. The largest absolute Gasteiger partial charge is 0.391 e. The van der Waals surface area contributed by atoms with E-state index in [4.69, 9.17) is 0 Å². The highest BCUT2D eigenvalue weighted by Gasteiger charge is 2.41. The van der Waals surface area contributed by atoms with Crippen LogP contribution in [-0.4, -0.2) is 62.3 Å². The van der Waals surface area contributed by atoms with E-state index in [9.17, 15) is 22.8 Å². The van der Waals surface area contributed by atoms with Gasteiger partial charge in [0.2, 0.25) is 5.78 Å². The Morgan fingerprint density at radius 3 is 2.86 bits per heavy atom. The van der Waals surface area contributed by atoms with E-state index >= 15 is 0 Å². The van der Waals surface area contributed by atoms with Crippen LogP contribution in [0.3, 0.4) is 0 Å². The summed E-state index contributed by atoms with van der Waals surface area (Å²) in [7, 11) is 0. The molecule has 2 bridgehead atoms. The van der Waals surface area contributed by atoms with Crippen LogP contribution in [0.2, 0.25) is 0 Å². The summed E-state index contributed by atoms with van der Waals surface area (Å²) in [6.07, 6.45) is -2.31. The number of fused-ring (bicyclic) bond motifs is 5. The van der Waals surface area contributed by atoms with Crippen molar-refractivity contribution in [1.82, 2.24) is 25.1 Å². The molecule has 0 unspecified atom stereocenters. The van der Waals surface area contributed by atoms with Gasteiger partial charge in [-0.25, -0.2) is 19.7 Å². The van der Waals surface area contributed by atoms with Crippen molar-refractivity contribution in [3.8, 4) is 0 Å². The van der Waals surface area contributed by atoms with Gasteiger partial charge in [0.15, 0.2) is 23.1 Å². The fourth-order valence-corrected chi connectivity index (χ4v) is 4.46. The van der Waals surface area contributed by atoms with Crippen LogP contribution in [-0.2, 0) is 0 Å². The van der Waals surface area contributed by atoms with Crippen LogP contribution in [0.15, 0.2) is 18.3 Å². The number of piperidine rings is 1. The Morgan fingerprint density at radius 2 is 2.09 bits per heavy atom. The van der Waals surface area contributed by atoms with E-state index < -0.39 is 30.3 Å². The van der Waals surface area contributed by atoms with Gasteiger partial charge in [-0.3, -0.25) is 20.1 Å². The van der Waals surface area contributed by atoms with E-state index in [1.54, 1.807) is 12.1 Å². The smallest absolute Gasteiger partial charge is 0.365 e. The van der Waals surface area contributed by atoms with Gasteiger partial charge < -0.3 is 4.90 Å². The maximum Gasteiger partial charge on any atom is 0.391 e. The van der Waals surface area contributed by atoms with E-state index in [-0.39, 0.29) is 17.7 Å². The van der Waals surface area contributed by atoms with Gasteiger partial charge in [0.1, 0.15) is 0 Å². The predicted octanol–water partition coefficient (Wildman–Crippen LogP) is 3.85. The van der Waals surface area contributed by atoms with Crippen molar-refractivity contribution in [2.45, 2.75) is 45.3 Å². The summed E-state index contributed by atoms with van der Waals surface area (Å²) in [5.74, 6) is -2.51. The van der Waals surface area contributed by atoms with Crippen LogP contribution in [0.4, 0.5) is 35.3 Å². The third kappa shape index (κ3) is 4.26. The number of rotatable bonds is 4. The standard InChI is InChI=1S/C22H23F3N8O2/c1-11(22(23,24)25)8-16(34)19-26-9-15-20(28-19)33(13-4-3-7-32(15)10-13)21(35)29-18-14-6-5-12(2)27-17(14)30-31-18/h5-6,9,11,13H,3-4,7-8,10H2,1-2H3,(H2,27,29,30,31,35)/t11-,13-/m0/s1. The molecule has 2 N–H and O–H groups in total. The highest BCUT2D eigenvalue weighted by atomic mass is 19.4. The SMILES string of the molecule is Cc1ccc2c(NC(=O)N3c4nc(C(=O)C[C@H](C)C(F)(F)F)ncc4N4CCC[C@H]3C4)n[nH]c2n1. The van der Waals surface area contributed by atoms with Gasteiger partial charge in [-0.1, -0.05) is 6.92 Å². The Morgan fingerprint density at radius 1 is 1.29 bits per heavy atom. The second-order valence-corrected chi connectivity index (χ2v) is 8.94. The predicted molar refractivity (Wildman–Crippen MR) is 122 cm³/mol. The van der Waals surface area contributed by atoms with Crippen LogP contribution in [0.1, 0.15) is 42.5 Å². The number of hydrogen-bond acceptors (Lipinski definition) is 7. The van der Waals surface area contributed by atoms with E-state index in [1.807, 2.05) is 11.8 Å². The number of hydrogen-bond donors (Lipinski definition) is 2. The van der Waals surface area contributed by atoms with Crippen LogP contribution < -0.4 is 15.1 Å². The second-order valence-electron chi connectivity index (χ2n) is 8.94. The van der Waals surface area contributed by atoms with Gasteiger partial charge in [0.05, 0.1) is 29.2 Å². The number of carbonyl (C=O) groups is 2. The second kappa shape index (κ2) is 8.47. The maximum atomic E-state index is 13.5. The third-order valence-corrected chi connectivity index (χ3v) is 6.39. The number of anilines is 3. The monoisotopic (exact) mass is 488 g/mol. The number of ketones is 1. The molecule has 0 saturated carbocycles. The molecular formula is C22H23F3N8O2. The van der Waals surface area contributed by atoms with Crippen LogP contribution >= 0.6 is 0 Å². The molecule has 2 aliphatic rings. The fraction of sp³-hybridized carbons (Fsp3) is 0.455. The summed E-state index contributed by atoms with van der Waals surface area (Å²) in [4.78, 5) is 42.2. The molecule has 35 heavy (non-hydrogen) atoms. The molecule has 2 aliphatic heterocycles. The molecule has 1 saturated heterocycles. The highest BCUT2D eigenvalue weighted by Crippen LogP contribution is 2.38. The lowest BCUT2D eigenvalue weighted by Crippen LogP contribution is -2.56. The van der Waals surface area contributed by atoms with E-state index in [1.165, 1.54) is 11.1 Å². The topological polar surface area (TPSA) is 120 Å². The van der Waals surface area contributed by atoms with E-state index in [0.29, 0.717) is 35.5 Å². The minimum atomic E-state index is -4.50. The summed E-state index contributed by atoms with van der Waals surface area (Å²) >= 11 is 0. The lowest BCUT2D eigenvalue weighted by molar-refractivity contribution is -0.168. The first-order chi connectivity index (χ1) is 16.6. The van der Waals surface area contributed by atoms with E-state index in [0.717, 1.165) is 25.6 Å². The Labute approximate surface area is 197 Å². The van der Waals surface area contributed by atoms with Crippen LogP contribution in [0.25, 0.3) is 11.0 Å². The van der Waals surface area contributed by atoms with Crippen molar-refractivity contribution in [3.05, 3.63) is 29.8 Å². The number of nitrogens with one attached hydrogen (secondary N) is 2. The molecule has 0 aliphatic carbocycles. The molecule has 184 valence electrons. The number of pyridine rings is 1. The normalized spacial score (nSPS) is 18.4. The Kier molecular flexibility index (Phi) is 5.56. The molecule has 13 heteroatoms. The Bertz CT molecular complexity index is 1310. The van der Waals surface area contributed by atoms with Crippen molar-refractivity contribution in [2.75, 3.05) is 28.2 Å². The lowest BCUT2D eigenvalue weighted by atomic mass is 10.00. The minimum absolute atomic E-state index is 0.199. The first-order valence-electron chi connectivity index (χ1n) is 11.3. The number of aryl methyl sites for hydroxylation is 1. The van der Waals surface area contributed by atoms with Gasteiger partial charge in [-0.05, 0) is 31.9 Å². The van der Waals surface area contributed by atoms with Gasteiger partial charge >= 0.3 is 12.2 Å². The Hall–Kier alpha value is -3.77. The summed E-state index contributed by atoms with van der Waals surface area (Å²) in [5, 5.41) is 10.4. The number of halogens is 3. The molecule has 3 aromatic rings. The number of carbonyl (C=O) groups excluding carboxylic acids is 2. The fourth-order valence-electron chi connectivity index (χ4n) is 4.46. The molecular weight excluding hydrogens is 465 g/mol. The number of amides is 2. The number of aromatic amines is 1. The maximum absolute atomic E-state index is 13.5. The van der Waals surface area contributed by atoms with Gasteiger partial charge in [0, 0.05) is 25.2 Å². The first-order valence-corrected chi connectivity index (χ1v) is 11.3. The number of H-pyrrole nitrogens is 1. The van der Waals surface area contributed by atoms with Crippen molar-refractivity contribution in [3.63, 3.8) is 0 Å². The van der Waals surface area contributed by atoms with Crippen molar-refractivity contribution in [1.29, 1.82) is 0 Å². The first kappa shape index (κ1) is 23.0. The van der Waals surface area contributed by atoms with Gasteiger partial charge in [-0.2, -0.15) is 18.3 Å². The number of Topliss-reactive ketones (excluding diaryl/α,β-unsaturated/α-hetero) is 1. The minimum Gasteiger partial charge on any atom is -0.365 e. The lowest BCUT2D eigenvalue weighted by Gasteiger charge is -2.45. The average Bonchev–Trinajstić information content (AvgIpc) is 3.19. The number of aromatic nitrogens is 5. The third-order valence-electron chi connectivity index (χ3n) is 6.39. The van der Waals surface area contributed by atoms with Crippen molar-refractivity contribution < 1.29 is 22.8 Å². The number of nitrogens with zero attached hydrogens (tertiary/aromatic N) is 6. The van der Waals surface area contributed by atoms with Crippen molar-refractivity contribution in [2.24, 2.45) is 5.92 Å². The van der Waals surface area contributed by atoms with Crippen molar-refractivity contribution >= 4 is 40.2 Å². The molecule has 2 amide bonds. The molecule has 0 radical (unpaired) electrons. The quantitative estimate of drug-likeness (QED) is 0.535. The molecule has 2 atom stereocenters. The molecule has 0 spiro atoms. The molecule has 3 aromatic heterocycles. The molecule has 5 rings (SSSR count). The zero-order valence-electron chi connectivity index (χ0n) is 19.1. The van der Waals surface area contributed by atoms with Crippen LogP contribution in [0, 0.1) is 12.8 Å². The van der Waals surface area contributed by atoms with E-state index in [2.05, 4.69) is 30.5 Å². The van der Waals surface area contributed by atoms with Gasteiger partial charge in [-0.15, -0.1) is 0 Å². The molecule has 10 nitrogen and oxygen atoms in total. The summed E-state index contributed by atoms with van der Waals surface area (Å²) < 4.78 is 38.9. The molecule has 1 fully saturated rings. The zero-order chi connectivity index (χ0) is 24.9. The number of urea groups is 1.